The minimum Gasteiger partial charge on any atom is -0.280 e. The quantitative estimate of drug-likeness (QED) is 0.473. The highest BCUT2D eigenvalue weighted by atomic mass is 35.5. The zero-order chi connectivity index (χ0) is 20.7. The number of nitrogens with one attached hydrogen (secondary N) is 1. The molecule has 1 saturated carbocycles. The molecule has 0 atom stereocenters. The molecule has 0 radical (unpaired) electrons. The smallest absolute Gasteiger partial charge is 0.235 e. The summed E-state index contributed by atoms with van der Waals surface area (Å²) >= 11 is 6.14. The van der Waals surface area contributed by atoms with Gasteiger partial charge in [-0.2, -0.15) is 10.2 Å². The van der Waals surface area contributed by atoms with E-state index in [1.807, 2.05) is 24.3 Å². The zero-order valence-corrected chi connectivity index (χ0v) is 17.1. The summed E-state index contributed by atoms with van der Waals surface area (Å²) in [4.78, 5) is 12.9. The molecular formula is C20H15ClN6O2S. The van der Waals surface area contributed by atoms with Crippen LogP contribution in [-0.4, -0.2) is 38.8 Å². The first-order valence-electron chi connectivity index (χ1n) is 9.21. The maximum atomic E-state index is 12.3. The van der Waals surface area contributed by atoms with Gasteiger partial charge in [0.1, 0.15) is 6.33 Å². The molecule has 0 aliphatic heterocycles. The normalized spacial score (nSPS) is 14.0. The number of halogens is 1. The van der Waals surface area contributed by atoms with Crippen molar-refractivity contribution < 1.29 is 8.42 Å². The van der Waals surface area contributed by atoms with Crippen molar-refractivity contribution in [1.82, 2.24) is 25.1 Å². The van der Waals surface area contributed by atoms with Gasteiger partial charge in [-0.3, -0.25) is 4.72 Å². The molecule has 0 spiro atoms. The third kappa shape index (κ3) is 3.57. The first-order valence-corrected chi connectivity index (χ1v) is 11.1. The van der Waals surface area contributed by atoms with E-state index in [0.29, 0.717) is 12.8 Å². The second-order valence-electron chi connectivity index (χ2n) is 6.99. The molecule has 1 fully saturated rings. The second-order valence-corrected chi connectivity index (χ2v) is 9.31. The van der Waals surface area contributed by atoms with Gasteiger partial charge in [-0.25, -0.2) is 23.4 Å². The van der Waals surface area contributed by atoms with Crippen LogP contribution in [-0.2, 0) is 10.0 Å². The van der Waals surface area contributed by atoms with E-state index >= 15 is 0 Å². The Bertz CT molecular complexity index is 1360. The van der Waals surface area contributed by atoms with Crippen molar-refractivity contribution in [1.29, 1.82) is 0 Å². The molecule has 3 heterocycles. The molecule has 1 aliphatic carbocycles. The summed E-state index contributed by atoms with van der Waals surface area (Å²) in [5.74, 6) is 0. The highest BCUT2D eigenvalue weighted by molar-refractivity contribution is 7.93. The Labute approximate surface area is 177 Å². The molecular weight excluding hydrogens is 424 g/mol. The first kappa shape index (κ1) is 18.8. The number of nitrogens with zero attached hydrogens (tertiary/aromatic N) is 5. The van der Waals surface area contributed by atoms with E-state index in [1.54, 1.807) is 24.7 Å². The van der Waals surface area contributed by atoms with Gasteiger partial charge < -0.3 is 0 Å². The van der Waals surface area contributed by atoms with Gasteiger partial charge in [0.25, 0.3) is 0 Å². The summed E-state index contributed by atoms with van der Waals surface area (Å²) in [5, 5.41) is 8.32. The Balaban J connectivity index is 1.59. The van der Waals surface area contributed by atoms with E-state index < -0.39 is 10.0 Å². The topological polar surface area (TPSA) is 111 Å². The fraction of sp³-hybridized carbons (Fsp3) is 0.150. The van der Waals surface area contributed by atoms with Crippen molar-refractivity contribution in [3.8, 4) is 22.4 Å². The molecule has 1 aliphatic rings. The van der Waals surface area contributed by atoms with E-state index in [9.17, 15) is 8.42 Å². The number of aromatic nitrogens is 5. The molecule has 0 amide bonds. The van der Waals surface area contributed by atoms with E-state index in [4.69, 9.17) is 11.6 Å². The van der Waals surface area contributed by atoms with Gasteiger partial charge in [-0.05, 0) is 42.7 Å². The molecule has 4 aromatic rings. The number of rotatable bonds is 5. The molecule has 5 rings (SSSR count). The van der Waals surface area contributed by atoms with Crippen molar-refractivity contribution >= 4 is 38.2 Å². The molecule has 8 nitrogen and oxygen atoms in total. The van der Waals surface area contributed by atoms with Crippen molar-refractivity contribution in [3.63, 3.8) is 0 Å². The lowest BCUT2D eigenvalue weighted by atomic mass is 10.0. The minimum absolute atomic E-state index is 0.107. The summed E-state index contributed by atoms with van der Waals surface area (Å²) < 4.78 is 27.2. The van der Waals surface area contributed by atoms with Crippen LogP contribution in [0.4, 0.5) is 5.69 Å². The Morgan fingerprint density at radius 1 is 0.933 bits per heavy atom. The first-order chi connectivity index (χ1) is 14.5. The number of fused-ring (bicyclic) bond motifs is 1. The van der Waals surface area contributed by atoms with Crippen LogP contribution in [0.2, 0.25) is 5.15 Å². The number of sulfonamides is 1. The minimum atomic E-state index is -3.45. The van der Waals surface area contributed by atoms with Gasteiger partial charge in [0, 0.05) is 22.7 Å². The maximum Gasteiger partial charge on any atom is 0.235 e. The van der Waals surface area contributed by atoms with Gasteiger partial charge in [0.15, 0.2) is 5.15 Å². The molecule has 0 unspecified atom stereocenters. The van der Waals surface area contributed by atoms with Crippen LogP contribution >= 0.6 is 11.6 Å². The lowest BCUT2D eigenvalue weighted by Gasteiger charge is -2.11. The Hall–Kier alpha value is -3.17. The summed E-state index contributed by atoms with van der Waals surface area (Å²) in [6.45, 7) is 0. The van der Waals surface area contributed by atoms with E-state index in [2.05, 4.69) is 29.9 Å². The molecule has 1 N–H and O–H groups in total. The van der Waals surface area contributed by atoms with Crippen LogP contribution in [0.25, 0.3) is 33.3 Å². The van der Waals surface area contributed by atoms with Crippen molar-refractivity contribution in [3.05, 3.63) is 60.4 Å². The standard InChI is InChI=1S/C20H15ClN6O2S/c21-20-18(27-30(28,29)15-2-3-15)8-14(9-22-20)12-1-4-17-16(7-12)19(24-11-23-17)13-5-6-25-26-10-13/h1,4-11,15,27H,2-3H2. The predicted molar refractivity (Wildman–Crippen MR) is 114 cm³/mol. The van der Waals surface area contributed by atoms with Crippen LogP contribution in [0.15, 0.2) is 55.2 Å². The summed E-state index contributed by atoms with van der Waals surface area (Å²) in [6.07, 6.45) is 7.69. The summed E-state index contributed by atoms with van der Waals surface area (Å²) in [6, 6.07) is 9.24. The van der Waals surface area contributed by atoms with Crippen LogP contribution < -0.4 is 4.72 Å². The Morgan fingerprint density at radius 2 is 1.80 bits per heavy atom. The van der Waals surface area contributed by atoms with Crippen LogP contribution in [0, 0.1) is 0 Å². The second kappa shape index (κ2) is 7.26. The Morgan fingerprint density at radius 3 is 2.57 bits per heavy atom. The third-order valence-corrected chi connectivity index (χ3v) is 7.04. The SMILES string of the molecule is O=S(=O)(Nc1cc(-c2ccc3ncnc(-c4ccnnc4)c3c2)cnc1Cl)C1CC1. The van der Waals surface area contributed by atoms with Crippen molar-refractivity contribution in [2.75, 3.05) is 4.72 Å². The fourth-order valence-corrected chi connectivity index (χ4v) is 4.78. The zero-order valence-electron chi connectivity index (χ0n) is 15.5. The highest BCUT2D eigenvalue weighted by Gasteiger charge is 2.36. The average molecular weight is 439 g/mol. The monoisotopic (exact) mass is 438 g/mol. The van der Waals surface area contributed by atoms with Gasteiger partial charge in [0.2, 0.25) is 10.0 Å². The Kier molecular flexibility index (Phi) is 4.56. The number of hydrogen-bond donors (Lipinski definition) is 1. The number of benzene rings is 1. The molecule has 0 saturated heterocycles. The largest absolute Gasteiger partial charge is 0.280 e. The van der Waals surface area contributed by atoms with Crippen LogP contribution in [0.1, 0.15) is 12.8 Å². The third-order valence-electron chi connectivity index (χ3n) is 4.88. The van der Waals surface area contributed by atoms with E-state index in [0.717, 1.165) is 33.3 Å². The number of hydrogen-bond acceptors (Lipinski definition) is 7. The lowest BCUT2D eigenvalue weighted by molar-refractivity contribution is 0.600. The van der Waals surface area contributed by atoms with Crippen LogP contribution in [0.5, 0.6) is 0 Å². The fourth-order valence-electron chi connectivity index (χ4n) is 3.19. The molecule has 0 bridgehead atoms. The molecule has 150 valence electrons. The van der Waals surface area contributed by atoms with Gasteiger partial charge in [0.05, 0.1) is 34.5 Å². The number of anilines is 1. The molecule has 1 aromatic carbocycles. The predicted octanol–water partition coefficient (Wildman–Crippen LogP) is 3.71. The maximum absolute atomic E-state index is 12.3. The molecule has 3 aromatic heterocycles. The highest BCUT2D eigenvalue weighted by Crippen LogP contribution is 2.34. The van der Waals surface area contributed by atoms with E-state index in [1.165, 1.54) is 6.33 Å². The average Bonchev–Trinajstić information content (AvgIpc) is 3.61. The van der Waals surface area contributed by atoms with Crippen molar-refractivity contribution in [2.24, 2.45) is 0 Å². The van der Waals surface area contributed by atoms with Gasteiger partial charge in [-0.1, -0.05) is 17.7 Å². The van der Waals surface area contributed by atoms with Crippen molar-refractivity contribution in [2.45, 2.75) is 18.1 Å². The number of pyridine rings is 1. The lowest BCUT2D eigenvalue weighted by Crippen LogP contribution is -2.17. The van der Waals surface area contributed by atoms with Gasteiger partial charge in [-0.15, -0.1) is 0 Å². The summed E-state index contributed by atoms with van der Waals surface area (Å²) in [7, 11) is -3.45. The van der Waals surface area contributed by atoms with Crippen LogP contribution in [0.3, 0.4) is 0 Å². The molecule has 10 heteroatoms. The molecule has 30 heavy (non-hydrogen) atoms. The van der Waals surface area contributed by atoms with E-state index in [-0.39, 0.29) is 16.1 Å². The van der Waals surface area contributed by atoms with Gasteiger partial charge >= 0.3 is 0 Å². The summed E-state index contributed by atoms with van der Waals surface area (Å²) in [5.41, 5.74) is 4.14.